The molecule has 0 bridgehead atoms. The molecule has 0 amide bonds. The highest BCUT2D eigenvalue weighted by Crippen LogP contribution is 2.22. The summed E-state index contributed by atoms with van der Waals surface area (Å²) in [5.74, 6) is 0.561. The van der Waals surface area contributed by atoms with Crippen LogP contribution in [0.25, 0.3) is 0 Å². The van der Waals surface area contributed by atoms with E-state index in [1.165, 1.54) is 11.1 Å². The molecule has 0 fully saturated rings. The van der Waals surface area contributed by atoms with Crippen molar-refractivity contribution in [1.82, 2.24) is 4.90 Å². The van der Waals surface area contributed by atoms with E-state index in [1.54, 1.807) is 0 Å². The summed E-state index contributed by atoms with van der Waals surface area (Å²) in [6, 6.07) is 8.59. The highest BCUT2D eigenvalue weighted by molar-refractivity contribution is 5.56. The highest BCUT2D eigenvalue weighted by Gasteiger charge is 2.16. The summed E-state index contributed by atoms with van der Waals surface area (Å²) in [7, 11) is 2.08. The lowest BCUT2D eigenvalue weighted by Crippen LogP contribution is -2.29. The number of likely N-dealkylation sites (N-methyl/N-ethyl adjacent to an activating group) is 1. The maximum atomic E-state index is 4.36. The van der Waals surface area contributed by atoms with Crippen LogP contribution in [-0.4, -0.2) is 31.4 Å². The molecule has 0 aromatic heterocycles. The molecule has 2 rings (SSSR count). The number of hydrogen-bond acceptors (Lipinski definition) is 2. The largest absolute Gasteiger partial charge is 0.365 e. The van der Waals surface area contributed by atoms with Crippen LogP contribution in [0.5, 0.6) is 0 Å². The van der Waals surface area contributed by atoms with Crippen molar-refractivity contribution in [2.24, 2.45) is 4.99 Å². The van der Waals surface area contributed by atoms with Gasteiger partial charge in [-0.05, 0) is 18.1 Å². The van der Waals surface area contributed by atoms with Crippen molar-refractivity contribution in [1.29, 1.82) is 0 Å². The van der Waals surface area contributed by atoms with Crippen LogP contribution >= 0.6 is 0 Å². The lowest BCUT2D eigenvalue weighted by atomic mass is 9.94. The second kappa shape index (κ2) is 3.82. The Morgan fingerprint density at radius 2 is 2.14 bits per heavy atom. The Kier molecular flexibility index (Phi) is 2.53. The van der Waals surface area contributed by atoms with Gasteiger partial charge in [0.05, 0.1) is 6.34 Å². The van der Waals surface area contributed by atoms with Crippen LogP contribution in [0.3, 0.4) is 0 Å². The van der Waals surface area contributed by atoms with Gasteiger partial charge in [0.1, 0.15) is 0 Å². The van der Waals surface area contributed by atoms with E-state index in [1.807, 2.05) is 6.34 Å². The van der Waals surface area contributed by atoms with Crippen LogP contribution in [-0.2, 0) is 0 Å². The lowest BCUT2D eigenvalue weighted by molar-refractivity contribution is 0.439. The minimum atomic E-state index is 0.561. The summed E-state index contributed by atoms with van der Waals surface area (Å²) in [4.78, 5) is 6.51. The predicted octanol–water partition coefficient (Wildman–Crippen LogP) is 2.05. The van der Waals surface area contributed by atoms with Gasteiger partial charge < -0.3 is 4.90 Å². The van der Waals surface area contributed by atoms with Gasteiger partial charge in [0.25, 0.3) is 0 Å². The molecule has 0 spiro atoms. The molecular formula is C12H16N2. The fourth-order valence-corrected chi connectivity index (χ4v) is 2.01. The number of benzene rings is 1. The van der Waals surface area contributed by atoms with Gasteiger partial charge in [-0.1, -0.05) is 24.3 Å². The first kappa shape index (κ1) is 9.25. The highest BCUT2D eigenvalue weighted by atomic mass is 15.1. The van der Waals surface area contributed by atoms with Gasteiger partial charge in [0.15, 0.2) is 0 Å². The molecular weight excluding hydrogens is 172 g/mol. The van der Waals surface area contributed by atoms with Gasteiger partial charge in [0, 0.05) is 26.1 Å². The Morgan fingerprint density at radius 1 is 1.36 bits per heavy atom. The van der Waals surface area contributed by atoms with E-state index in [4.69, 9.17) is 0 Å². The molecule has 2 heteroatoms. The number of rotatable bonds is 1. The van der Waals surface area contributed by atoms with E-state index in [2.05, 4.69) is 48.1 Å². The Bertz CT molecular complexity index is 344. The van der Waals surface area contributed by atoms with Crippen LogP contribution in [0, 0.1) is 6.92 Å². The van der Waals surface area contributed by atoms with Crippen molar-refractivity contribution in [3.63, 3.8) is 0 Å². The third kappa shape index (κ3) is 1.79. The predicted molar refractivity (Wildman–Crippen MR) is 59.9 cm³/mol. The quantitative estimate of drug-likeness (QED) is 0.658. The van der Waals surface area contributed by atoms with E-state index in [-0.39, 0.29) is 0 Å². The van der Waals surface area contributed by atoms with Crippen molar-refractivity contribution in [2.45, 2.75) is 12.8 Å². The van der Waals surface area contributed by atoms with E-state index in [0.717, 1.165) is 13.1 Å². The Balaban J connectivity index is 2.23. The molecule has 14 heavy (non-hydrogen) atoms. The SMILES string of the molecule is Cc1ccccc1C1CN=CN(C)C1. The number of aliphatic imine (C=N–C) groups is 1. The zero-order chi connectivity index (χ0) is 9.97. The molecule has 1 aliphatic rings. The molecule has 0 saturated carbocycles. The van der Waals surface area contributed by atoms with Crippen LogP contribution in [0.1, 0.15) is 17.0 Å². The van der Waals surface area contributed by atoms with E-state index in [9.17, 15) is 0 Å². The molecule has 0 N–H and O–H groups in total. The van der Waals surface area contributed by atoms with Gasteiger partial charge in [-0.15, -0.1) is 0 Å². The average molecular weight is 188 g/mol. The zero-order valence-electron chi connectivity index (χ0n) is 8.77. The van der Waals surface area contributed by atoms with Crippen LogP contribution in [0.4, 0.5) is 0 Å². The summed E-state index contributed by atoms with van der Waals surface area (Å²) in [5.41, 5.74) is 2.82. The third-order valence-corrected chi connectivity index (χ3v) is 2.74. The second-order valence-electron chi connectivity index (χ2n) is 3.97. The van der Waals surface area contributed by atoms with Crippen molar-refractivity contribution in [3.8, 4) is 0 Å². The molecule has 0 radical (unpaired) electrons. The first-order valence-electron chi connectivity index (χ1n) is 5.03. The molecule has 1 aromatic rings. The van der Waals surface area contributed by atoms with E-state index >= 15 is 0 Å². The van der Waals surface area contributed by atoms with Crippen molar-refractivity contribution in [2.75, 3.05) is 20.1 Å². The number of nitrogens with zero attached hydrogens (tertiary/aromatic N) is 2. The Morgan fingerprint density at radius 3 is 2.86 bits per heavy atom. The Labute approximate surface area is 85.3 Å². The molecule has 1 aromatic carbocycles. The van der Waals surface area contributed by atoms with E-state index < -0.39 is 0 Å². The molecule has 1 atom stereocenters. The molecule has 74 valence electrons. The van der Waals surface area contributed by atoms with Crippen molar-refractivity contribution in [3.05, 3.63) is 35.4 Å². The normalized spacial score (nSPS) is 21.3. The first-order chi connectivity index (χ1) is 6.77. The minimum Gasteiger partial charge on any atom is -0.365 e. The maximum absolute atomic E-state index is 4.36. The van der Waals surface area contributed by atoms with Gasteiger partial charge in [-0.3, -0.25) is 4.99 Å². The molecule has 0 saturated heterocycles. The summed E-state index contributed by atoms with van der Waals surface area (Å²) < 4.78 is 0. The zero-order valence-corrected chi connectivity index (χ0v) is 8.77. The number of aryl methyl sites for hydroxylation is 1. The second-order valence-corrected chi connectivity index (χ2v) is 3.97. The van der Waals surface area contributed by atoms with Gasteiger partial charge in [-0.25, -0.2) is 0 Å². The van der Waals surface area contributed by atoms with Crippen molar-refractivity contribution >= 4 is 6.34 Å². The molecule has 0 aliphatic carbocycles. The van der Waals surface area contributed by atoms with E-state index in [0.29, 0.717) is 5.92 Å². The maximum Gasteiger partial charge on any atom is 0.0847 e. The first-order valence-corrected chi connectivity index (χ1v) is 5.03. The number of hydrogen-bond donors (Lipinski definition) is 0. The fraction of sp³-hybridized carbons (Fsp3) is 0.417. The molecule has 1 aliphatic heterocycles. The minimum absolute atomic E-state index is 0.561. The summed E-state index contributed by atoms with van der Waals surface area (Å²) in [5, 5.41) is 0. The standard InChI is InChI=1S/C12H16N2/c1-10-5-3-4-6-12(10)11-7-13-9-14(2)8-11/h3-6,9,11H,7-8H2,1-2H3. The molecule has 1 heterocycles. The lowest BCUT2D eigenvalue weighted by Gasteiger charge is -2.26. The van der Waals surface area contributed by atoms with Gasteiger partial charge in [0.2, 0.25) is 0 Å². The monoisotopic (exact) mass is 188 g/mol. The van der Waals surface area contributed by atoms with Gasteiger partial charge in [-0.2, -0.15) is 0 Å². The van der Waals surface area contributed by atoms with Crippen molar-refractivity contribution < 1.29 is 0 Å². The fourth-order valence-electron chi connectivity index (χ4n) is 2.01. The topological polar surface area (TPSA) is 15.6 Å². The summed E-state index contributed by atoms with van der Waals surface area (Å²) >= 11 is 0. The smallest absolute Gasteiger partial charge is 0.0847 e. The van der Waals surface area contributed by atoms with Gasteiger partial charge >= 0.3 is 0 Å². The summed E-state index contributed by atoms with van der Waals surface area (Å²) in [6.07, 6.45) is 1.93. The summed E-state index contributed by atoms with van der Waals surface area (Å²) in [6.45, 7) is 4.18. The average Bonchev–Trinajstić information content (AvgIpc) is 2.18. The van der Waals surface area contributed by atoms with Crippen LogP contribution < -0.4 is 0 Å². The Hall–Kier alpha value is -1.31. The van der Waals surface area contributed by atoms with Crippen LogP contribution in [0.15, 0.2) is 29.3 Å². The molecule has 2 nitrogen and oxygen atoms in total. The van der Waals surface area contributed by atoms with Crippen LogP contribution in [0.2, 0.25) is 0 Å². The molecule has 1 unspecified atom stereocenters. The third-order valence-electron chi connectivity index (χ3n) is 2.74.